The molecule has 1 fully saturated rings. The van der Waals surface area contributed by atoms with E-state index in [1.165, 1.54) is 30.0 Å². The molecule has 174 valence electrons. The van der Waals surface area contributed by atoms with Crippen molar-refractivity contribution in [1.82, 2.24) is 0 Å². The zero-order chi connectivity index (χ0) is 23.9. The Balaban J connectivity index is 1.80. The number of hydrogen-bond acceptors (Lipinski definition) is 8. The maximum absolute atomic E-state index is 11.8. The number of carbonyl (C=O) groups is 1. The van der Waals surface area contributed by atoms with Crippen LogP contribution < -0.4 is 10.4 Å². The SMILES string of the molecule is CCC[C@@H]1Nc2c(C(=O)[O-])ccc([N+](=O)[O-])c2[C@H]2[C@@H](Cl)[C@@H](Sc3ccccc3[N+](=O)[O-])C[C@@H]21. The molecule has 5 atom stereocenters. The third-order valence-electron chi connectivity index (χ3n) is 6.42. The molecule has 9 nitrogen and oxygen atoms in total. The number of hydrogen-bond donors (Lipinski definition) is 1. The Kier molecular flexibility index (Phi) is 6.49. The molecule has 1 aliphatic carbocycles. The first-order valence-electron chi connectivity index (χ1n) is 10.6. The van der Waals surface area contributed by atoms with Gasteiger partial charge in [-0.05, 0) is 30.9 Å². The fourth-order valence-electron chi connectivity index (χ4n) is 5.10. The van der Waals surface area contributed by atoms with Crippen LogP contribution in [-0.2, 0) is 0 Å². The van der Waals surface area contributed by atoms with E-state index < -0.39 is 27.1 Å². The van der Waals surface area contributed by atoms with E-state index in [2.05, 4.69) is 5.32 Å². The number of fused-ring (bicyclic) bond motifs is 3. The van der Waals surface area contributed by atoms with Crippen molar-refractivity contribution in [2.45, 2.75) is 53.7 Å². The summed E-state index contributed by atoms with van der Waals surface area (Å²) in [6, 6.07) is 8.66. The number of benzene rings is 2. The lowest BCUT2D eigenvalue weighted by atomic mass is 9.76. The van der Waals surface area contributed by atoms with Crippen LogP contribution in [0.2, 0.25) is 0 Å². The maximum atomic E-state index is 11.8. The first-order valence-corrected chi connectivity index (χ1v) is 11.9. The van der Waals surface area contributed by atoms with Crippen molar-refractivity contribution in [1.29, 1.82) is 0 Å². The zero-order valence-electron chi connectivity index (χ0n) is 17.6. The van der Waals surface area contributed by atoms with Gasteiger partial charge in [-0.1, -0.05) is 25.5 Å². The predicted octanol–water partition coefficient (Wildman–Crippen LogP) is 4.33. The van der Waals surface area contributed by atoms with E-state index in [0.29, 0.717) is 11.3 Å². The Morgan fingerprint density at radius 1 is 1.15 bits per heavy atom. The molecule has 0 radical (unpaired) electrons. The molecule has 0 spiro atoms. The molecule has 1 saturated carbocycles. The Bertz CT molecular complexity index is 1130. The maximum Gasteiger partial charge on any atom is 0.282 e. The van der Waals surface area contributed by atoms with Gasteiger partial charge < -0.3 is 15.2 Å². The third kappa shape index (κ3) is 4.13. The van der Waals surface area contributed by atoms with Gasteiger partial charge in [-0.2, -0.15) is 0 Å². The van der Waals surface area contributed by atoms with Crippen molar-refractivity contribution in [3.05, 3.63) is 67.8 Å². The van der Waals surface area contributed by atoms with Gasteiger partial charge in [-0.15, -0.1) is 23.4 Å². The summed E-state index contributed by atoms with van der Waals surface area (Å²) < 4.78 is 0. The van der Waals surface area contributed by atoms with Crippen molar-refractivity contribution in [2.24, 2.45) is 5.92 Å². The highest BCUT2D eigenvalue weighted by atomic mass is 35.5. The van der Waals surface area contributed by atoms with E-state index in [4.69, 9.17) is 11.6 Å². The van der Waals surface area contributed by atoms with Crippen LogP contribution in [0, 0.1) is 26.1 Å². The van der Waals surface area contributed by atoms with Gasteiger partial charge in [0.1, 0.15) is 0 Å². The Hall–Kier alpha value is -2.85. The van der Waals surface area contributed by atoms with E-state index in [0.717, 1.165) is 12.8 Å². The Morgan fingerprint density at radius 3 is 2.48 bits per heavy atom. The highest BCUT2D eigenvalue weighted by Gasteiger charge is 2.52. The van der Waals surface area contributed by atoms with Gasteiger partial charge in [0.15, 0.2) is 0 Å². The van der Waals surface area contributed by atoms with Crippen molar-refractivity contribution in [3.8, 4) is 0 Å². The van der Waals surface area contributed by atoms with Crippen LogP contribution in [0.5, 0.6) is 0 Å². The summed E-state index contributed by atoms with van der Waals surface area (Å²) in [6.07, 6.45) is 2.13. The second kappa shape index (κ2) is 9.18. The van der Waals surface area contributed by atoms with Crippen LogP contribution in [0.25, 0.3) is 0 Å². The molecule has 4 rings (SSSR count). The Labute approximate surface area is 198 Å². The minimum Gasteiger partial charge on any atom is -0.545 e. The molecule has 0 unspecified atom stereocenters. The van der Waals surface area contributed by atoms with Crippen LogP contribution in [-0.4, -0.2) is 32.5 Å². The molecule has 11 heteroatoms. The minimum atomic E-state index is -1.42. The number of nitrogens with one attached hydrogen (secondary N) is 1. The average molecular weight is 491 g/mol. The first-order chi connectivity index (χ1) is 15.7. The number of nitrogens with zero attached hydrogens (tertiary/aromatic N) is 2. The number of anilines is 1. The summed E-state index contributed by atoms with van der Waals surface area (Å²) in [5, 5.41) is 37.5. The largest absolute Gasteiger partial charge is 0.545 e. The molecule has 1 N–H and O–H groups in total. The van der Waals surface area contributed by atoms with Gasteiger partial charge in [0.25, 0.3) is 11.4 Å². The van der Waals surface area contributed by atoms with Crippen molar-refractivity contribution in [2.75, 3.05) is 5.32 Å². The molecule has 1 heterocycles. The van der Waals surface area contributed by atoms with E-state index in [9.17, 15) is 30.1 Å². The van der Waals surface area contributed by atoms with Crippen LogP contribution in [0.4, 0.5) is 17.1 Å². The first kappa shape index (κ1) is 23.3. The van der Waals surface area contributed by atoms with Crippen molar-refractivity contribution < 1.29 is 19.7 Å². The highest BCUT2D eigenvalue weighted by Crippen LogP contribution is 2.57. The summed E-state index contributed by atoms with van der Waals surface area (Å²) in [5.74, 6) is -1.98. The van der Waals surface area contributed by atoms with E-state index >= 15 is 0 Å². The van der Waals surface area contributed by atoms with Crippen molar-refractivity contribution >= 4 is 46.4 Å². The zero-order valence-corrected chi connectivity index (χ0v) is 19.2. The molecule has 0 amide bonds. The average Bonchev–Trinajstić information content (AvgIpc) is 3.09. The Morgan fingerprint density at radius 2 is 1.85 bits per heavy atom. The third-order valence-corrected chi connectivity index (χ3v) is 8.54. The lowest BCUT2D eigenvalue weighted by molar-refractivity contribution is -0.387. The topological polar surface area (TPSA) is 138 Å². The number of carboxylic acids is 1. The smallest absolute Gasteiger partial charge is 0.282 e. The highest BCUT2D eigenvalue weighted by molar-refractivity contribution is 8.00. The second-order valence-corrected chi connectivity index (χ2v) is 10.0. The molecule has 0 aromatic heterocycles. The summed E-state index contributed by atoms with van der Waals surface area (Å²) in [6.45, 7) is 2.01. The molecule has 0 bridgehead atoms. The van der Waals surface area contributed by atoms with Gasteiger partial charge in [-0.3, -0.25) is 20.2 Å². The van der Waals surface area contributed by atoms with Crippen LogP contribution >= 0.6 is 23.4 Å². The summed E-state index contributed by atoms with van der Waals surface area (Å²) in [4.78, 5) is 34.6. The number of rotatable bonds is 7. The van der Waals surface area contributed by atoms with Gasteiger partial charge >= 0.3 is 0 Å². The summed E-state index contributed by atoms with van der Waals surface area (Å²) in [7, 11) is 0. The van der Waals surface area contributed by atoms with Crippen LogP contribution in [0.1, 0.15) is 48.0 Å². The number of carboxylic acid groups (broad SMARTS) is 1. The second-order valence-electron chi connectivity index (χ2n) is 8.26. The van der Waals surface area contributed by atoms with E-state index in [1.807, 2.05) is 6.92 Å². The molecule has 33 heavy (non-hydrogen) atoms. The molecule has 0 saturated heterocycles. The normalized spacial score (nSPS) is 25.6. The number of carbonyl (C=O) groups excluding carboxylic acids is 1. The molecule has 1 aliphatic heterocycles. The van der Waals surface area contributed by atoms with E-state index in [-0.39, 0.29) is 45.4 Å². The number of alkyl halides is 1. The summed E-state index contributed by atoms with van der Waals surface area (Å²) >= 11 is 8.23. The molecule has 2 aromatic carbocycles. The standard InChI is InChI=1S/C22H22ClN3O6S/c1-2-5-13-12-10-17(33-16-7-4-3-6-14(16)25(29)30)20(23)18(12)19-15(26(31)32)9-8-11(22(27)28)21(19)24-13/h3-4,6-9,12-13,17-18,20,24H,2,5,10H2,1H3,(H,27,28)/p-1/t12-,13+,17+,18+,20+/m1/s1. The number of halogens is 1. The number of aromatic carboxylic acids is 1. The lowest BCUT2D eigenvalue weighted by Gasteiger charge is -2.38. The van der Waals surface area contributed by atoms with Gasteiger partial charge in [-0.25, -0.2) is 0 Å². The van der Waals surface area contributed by atoms with Gasteiger partial charge in [0, 0.05) is 34.9 Å². The molecule has 2 aromatic rings. The fraction of sp³-hybridized carbons (Fsp3) is 0.409. The predicted molar refractivity (Wildman–Crippen MR) is 123 cm³/mol. The quantitative estimate of drug-likeness (QED) is 0.343. The molecule has 2 aliphatic rings. The van der Waals surface area contributed by atoms with Gasteiger partial charge in [0.05, 0.1) is 37.3 Å². The lowest BCUT2D eigenvalue weighted by Crippen LogP contribution is -2.39. The van der Waals surface area contributed by atoms with E-state index in [1.54, 1.807) is 18.2 Å². The molecular weight excluding hydrogens is 470 g/mol. The fourth-order valence-corrected chi connectivity index (χ4v) is 7.04. The minimum absolute atomic E-state index is 0.0184. The van der Waals surface area contributed by atoms with Crippen LogP contribution in [0.15, 0.2) is 41.3 Å². The number of thioether (sulfide) groups is 1. The monoisotopic (exact) mass is 490 g/mol. The number of para-hydroxylation sites is 1. The molecular formula is C22H21ClN3O6S-. The summed E-state index contributed by atoms with van der Waals surface area (Å²) in [5.41, 5.74) is 0.147. The van der Waals surface area contributed by atoms with Crippen LogP contribution in [0.3, 0.4) is 0 Å². The van der Waals surface area contributed by atoms with Gasteiger partial charge in [0.2, 0.25) is 0 Å². The van der Waals surface area contributed by atoms with Crippen molar-refractivity contribution in [3.63, 3.8) is 0 Å². The number of nitro benzene ring substituents is 2. The number of nitro groups is 2.